The molecule has 1 aliphatic rings. The number of nitrogens with one attached hydrogen (secondary N) is 1. The van der Waals surface area contributed by atoms with Gasteiger partial charge in [-0.2, -0.15) is 0 Å². The number of fused-ring (bicyclic) bond motifs is 1. The van der Waals surface area contributed by atoms with E-state index >= 15 is 0 Å². The lowest BCUT2D eigenvalue weighted by Gasteiger charge is -2.34. The maximum Gasteiger partial charge on any atom is 0.307 e. The van der Waals surface area contributed by atoms with Crippen molar-refractivity contribution >= 4 is 17.6 Å². The molecule has 4 nitrogen and oxygen atoms in total. The van der Waals surface area contributed by atoms with E-state index in [0.717, 1.165) is 30.4 Å². The third-order valence-corrected chi connectivity index (χ3v) is 4.80. The van der Waals surface area contributed by atoms with E-state index in [9.17, 15) is 9.59 Å². The predicted molar refractivity (Wildman–Crippen MR) is 93.1 cm³/mol. The maximum atomic E-state index is 12.9. The Morgan fingerprint density at radius 1 is 1.12 bits per heavy atom. The Morgan fingerprint density at radius 3 is 2.54 bits per heavy atom. The molecule has 0 radical (unpaired) electrons. The third-order valence-electron chi connectivity index (χ3n) is 4.80. The highest BCUT2D eigenvalue weighted by atomic mass is 16.4. The SMILES string of the molecule is CC1(C(=O)Nc2ccc(CC(=O)O)cc2)CCCc2ccccc21. The zero-order valence-electron chi connectivity index (χ0n) is 13.7. The van der Waals surface area contributed by atoms with E-state index in [0.29, 0.717) is 5.69 Å². The number of anilines is 1. The van der Waals surface area contributed by atoms with Crippen LogP contribution in [-0.4, -0.2) is 17.0 Å². The van der Waals surface area contributed by atoms with Gasteiger partial charge < -0.3 is 10.4 Å². The van der Waals surface area contributed by atoms with Crippen LogP contribution in [0, 0.1) is 0 Å². The molecule has 1 unspecified atom stereocenters. The first-order valence-electron chi connectivity index (χ1n) is 8.19. The highest BCUT2D eigenvalue weighted by Gasteiger charge is 2.38. The van der Waals surface area contributed by atoms with Gasteiger partial charge in [0, 0.05) is 5.69 Å². The fraction of sp³-hybridized carbons (Fsp3) is 0.300. The second-order valence-electron chi connectivity index (χ2n) is 6.56. The van der Waals surface area contributed by atoms with E-state index in [-0.39, 0.29) is 12.3 Å². The normalized spacial score (nSPS) is 19.4. The molecule has 24 heavy (non-hydrogen) atoms. The van der Waals surface area contributed by atoms with Crippen molar-refractivity contribution in [1.29, 1.82) is 0 Å². The number of amides is 1. The third kappa shape index (κ3) is 3.18. The molecule has 0 saturated heterocycles. The second kappa shape index (κ2) is 6.48. The van der Waals surface area contributed by atoms with Crippen LogP contribution in [0.5, 0.6) is 0 Å². The van der Waals surface area contributed by atoms with Gasteiger partial charge in [0.2, 0.25) is 5.91 Å². The van der Waals surface area contributed by atoms with Crippen LogP contribution >= 0.6 is 0 Å². The van der Waals surface area contributed by atoms with Gasteiger partial charge in [0.05, 0.1) is 11.8 Å². The van der Waals surface area contributed by atoms with E-state index in [2.05, 4.69) is 11.4 Å². The van der Waals surface area contributed by atoms with Crippen LogP contribution in [0.25, 0.3) is 0 Å². The van der Waals surface area contributed by atoms with Gasteiger partial charge in [-0.1, -0.05) is 36.4 Å². The van der Waals surface area contributed by atoms with Crippen LogP contribution in [0.2, 0.25) is 0 Å². The molecule has 124 valence electrons. The van der Waals surface area contributed by atoms with E-state index in [1.54, 1.807) is 24.3 Å². The molecule has 1 aliphatic carbocycles. The number of benzene rings is 2. The zero-order valence-corrected chi connectivity index (χ0v) is 13.7. The van der Waals surface area contributed by atoms with Gasteiger partial charge in [-0.3, -0.25) is 9.59 Å². The van der Waals surface area contributed by atoms with Gasteiger partial charge in [0.25, 0.3) is 0 Å². The molecule has 0 bridgehead atoms. The zero-order chi connectivity index (χ0) is 17.2. The number of hydrogen-bond acceptors (Lipinski definition) is 2. The van der Waals surface area contributed by atoms with Gasteiger partial charge in [-0.25, -0.2) is 0 Å². The fourth-order valence-corrected chi connectivity index (χ4v) is 3.43. The molecule has 2 N–H and O–H groups in total. The molecule has 3 rings (SSSR count). The first-order chi connectivity index (χ1) is 11.5. The molecule has 1 amide bonds. The summed E-state index contributed by atoms with van der Waals surface area (Å²) in [5, 5.41) is 11.8. The van der Waals surface area contributed by atoms with Crippen molar-refractivity contribution in [3.8, 4) is 0 Å². The first kappa shape index (κ1) is 16.2. The molecule has 0 aliphatic heterocycles. The number of carboxylic acids is 1. The van der Waals surface area contributed by atoms with Crippen molar-refractivity contribution in [2.75, 3.05) is 5.32 Å². The van der Waals surface area contributed by atoms with E-state index in [4.69, 9.17) is 5.11 Å². The van der Waals surface area contributed by atoms with E-state index < -0.39 is 11.4 Å². The van der Waals surface area contributed by atoms with E-state index in [1.165, 1.54) is 5.56 Å². The molecule has 0 saturated carbocycles. The molecule has 0 aromatic heterocycles. The second-order valence-corrected chi connectivity index (χ2v) is 6.56. The Balaban J connectivity index is 1.79. The number of rotatable bonds is 4. The van der Waals surface area contributed by atoms with Crippen LogP contribution < -0.4 is 5.32 Å². The van der Waals surface area contributed by atoms with Crippen LogP contribution in [0.3, 0.4) is 0 Å². The minimum Gasteiger partial charge on any atom is -0.481 e. The van der Waals surface area contributed by atoms with Crippen LogP contribution in [-0.2, 0) is 27.8 Å². The molecule has 4 heteroatoms. The topological polar surface area (TPSA) is 66.4 Å². The summed E-state index contributed by atoms with van der Waals surface area (Å²) in [7, 11) is 0. The molecule has 2 aromatic rings. The van der Waals surface area contributed by atoms with Gasteiger partial charge in [-0.05, 0) is 55.0 Å². The highest BCUT2D eigenvalue weighted by molar-refractivity contribution is 5.99. The number of carbonyl (C=O) groups is 2. The Labute approximate surface area is 141 Å². The van der Waals surface area contributed by atoms with Gasteiger partial charge in [-0.15, -0.1) is 0 Å². The van der Waals surface area contributed by atoms with Crippen molar-refractivity contribution in [3.05, 3.63) is 65.2 Å². The van der Waals surface area contributed by atoms with Crippen molar-refractivity contribution in [2.45, 2.75) is 38.0 Å². The standard InChI is InChI=1S/C20H21NO3/c1-20(12-4-6-15-5-2-3-7-17(15)20)19(24)21-16-10-8-14(9-11-16)13-18(22)23/h2-3,5,7-11H,4,6,12-13H2,1H3,(H,21,24)(H,22,23). The Kier molecular flexibility index (Phi) is 4.38. The minimum atomic E-state index is -0.863. The minimum absolute atomic E-state index is 0.0133. The van der Waals surface area contributed by atoms with E-state index in [1.807, 2.05) is 25.1 Å². The molecule has 1 atom stereocenters. The fourth-order valence-electron chi connectivity index (χ4n) is 3.43. The summed E-state index contributed by atoms with van der Waals surface area (Å²) in [5.74, 6) is -0.876. The van der Waals surface area contributed by atoms with Gasteiger partial charge >= 0.3 is 5.97 Å². The largest absolute Gasteiger partial charge is 0.481 e. The molecule has 2 aromatic carbocycles. The first-order valence-corrected chi connectivity index (χ1v) is 8.19. The van der Waals surface area contributed by atoms with Crippen molar-refractivity contribution in [2.24, 2.45) is 0 Å². The average molecular weight is 323 g/mol. The van der Waals surface area contributed by atoms with Crippen LogP contribution in [0.4, 0.5) is 5.69 Å². The lowest BCUT2D eigenvalue weighted by molar-refractivity contribution is -0.136. The quantitative estimate of drug-likeness (QED) is 0.904. The van der Waals surface area contributed by atoms with Crippen LogP contribution in [0.1, 0.15) is 36.5 Å². The Bertz CT molecular complexity index is 767. The number of aliphatic carboxylic acids is 1. The molecule has 0 heterocycles. The molecule has 0 fully saturated rings. The summed E-state index contributed by atoms with van der Waals surface area (Å²) in [4.78, 5) is 23.6. The summed E-state index contributed by atoms with van der Waals surface area (Å²) in [6.45, 7) is 2.00. The van der Waals surface area contributed by atoms with Gasteiger partial charge in [0.15, 0.2) is 0 Å². The van der Waals surface area contributed by atoms with Crippen molar-refractivity contribution in [1.82, 2.24) is 0 Å². The molecule has 0 spiro atoms. The predicted octanol–water partition coefficient (Wildman–Crippen LogP) is 3.55. The average Bonchev–Trinajstić information content (AvgIpc) is 2.56. The Morgan fingerprint density at radius 2 is 1.83 bits per heavy atom. The summed E-state index contributed by atoms with van der Waals surface area (Å²) < 4.78 is 0. The molecular formula is C20H21NO3. The van der Waals surface area contributed by atoms with Gasteiger partial charge in [0.1, 0.15) is 0 Å². The maximum absolute atomic E-state index is 12.9. The summed E-state index contributed by atoms with van der Waals surface area (Å²) >= 11 is 0. The number of hydrogen-bond donors (Lipinski definition) is 2. The summed E-state index contributed by atoms with van der Waals surface area (Å²) in [6, 6.07) is 15.1. The van der Waals surface area contributed by atoms with Crippen molar-refractivity contribution < 1.29 is 14.7 Å². The smallest absolute Gasteiger partial charge is 0.307 e. The number of carbonyl (C=O) groups excluding carboxylic acids is 1. The van der Waals surface area contributed by atoms with Crippen LogP contribution in [0.15, 0.2) is 48.5 Å². The summed E-state index contributed by atoms with van der Waals surface area (Å²) in [6.07, 6.45) is 2.83. The number of carboxylic acid groups (broad SMARTS) is 1. The lowest BCUT2D eigenvalue weighted by Crippen LogP contribution is -2.40. The Hall–Kier alpha value is -2.62. The molecular weight excluding hydrogens is 302 g/mol. The summed E-state index contributed by atoms with van der Waals surface area (Å²) in [5.41, 5.74) is 3.23. The number of aryl methyl sites for hydroxylation is 1. The monoisotopic (exact) mass is 323 g/mol. The highest BCUT2D eigenvalue weighted by Crippen LogP contribution is 2.38. The lowest BCUT2D eigenvalue weighted by atomic mass is 9.70. The van der Waals surface area contributed by atoms with Crippen molar-refractivity contribution in [3.63, 3.8) is 0 Å².